The zero-order chi connectivity index (χ0) is 33.5. The Morgan fingerprint density at radius 2 is 0.961 bits per heavy atom. The molecule has 0 atom stereocenters. The highest BCUT2D eigenvalue weighted by Gasteiger charge is 2.28. The van der Waals surface area contributed by atoms with Gasteiger partial charge in [-0.05, 0) is 79.2 Å². The predicted molar refractivity (Wildman–Crippen MR) is 214 cm³/mol. The molecule has 0 saturated heterocycles. The molecule has 0 radical (unpaired) electrons. The van der Waals surface area contributed by atoms with Gasteiger partial charge in [0.2, 0.25) is 0 Å². The maximum Gasteiger partial charge on any atom is 0.164 e. The molecule has 0 amide bonds. The Morgan fingerprint density at radius 3 is 1.80 bits per heavy atom. The van der Waals surface area contributed by atoms with E-state index in [1.807, 2.05) is 29.5 Å². The van der Waals surface area contributed by atoms with E-state index in [0.717, 1.165) is 27.6 Å². The van der Waals surface area contributed by atoms with E-state index in [-0.39, 0.29) is 0 Å². The van der Waals surface area contributed by atoms with Gasteiger partial charge in [0, 0.05) is 36.9 Å². The number of hydrogen-bond donors (Lipinski definition) is 0. The molecule has 11 rings (SSSR count). The minimum atomic E-state index is 0.651. The summed E-state index contributed by atoms with van der Waals surface area (Å²) in [6.07, 6.45) is 0. The molecule has 0 N–H and O–H groups in total. The van der Waals surface area contributed by atoms with Crippen molar-refractivity contribution in [1.29, 1.82) is 0 Å². The van der Waals surface area contributed by atoms with E-state index in [9.17, 15) is 0 Å². The van der Waals surface area contributed by atoms with E-state index in [0.29, 0.717) is 17.5 Å². The largest absolute Gasteiger partial charge is 0.208 e. The van der Waals surface area contributed by atoms with Crippen molar-refractivity contribution >= 4 is 53.1 Å². The number of fused-ring (bicyclic) bond motifs is 7. The third-order valence-corrected chi connectivity index (χ3v) is 11.3. The summed E-state index contributed by atoms with van der Waals surface area (Å²) < 4.78 is 2.59. The van der Waals surface area contributed by atoms with E-state index in [2.05, 4.69) is 146 Å². The first kappa shape index (κ1) is 28.4. The highest BCUT2D eigenvalue weighted by atomic mass is 32.1. The number of thiophene rings is 1. The first-order valence-corrected chi connectivity index (χ1v) is 18.0. The molecule has 1 aliphatic carbocycles. The van der Waals surface area contributed by atoms with Crippen molar-refractivity contribution in [2.45, 2.75) is 0 Å². The maximum absolute atomic E-state index is 5.16. The van der Waals surface area contributed by atoms with E-state index < -0.39 is 0 Å². The van der Waals surface area contributed by atoms with Crippen LogP contribution in [0.3, 0.4) is 0 Å². The van der Waals surface area contributed by atoms with E-state index in [1.54, 1.807) is 0 Å². The molecule has 4 heteroatoms. The third kappa shape index (κ3) is 4.40. The summed E-state index contributed by atoms with van der Waals surface area (Å²) in [5.74, 6) is 1.96. The van der Waals surface area contributed by atoms with Gasteiger partial charge in [-0.3, -0.25) is 0 Å². The van der Waals surface area contributed by atoms with Gasteiger partial charge >= 0.3 is 0 Å². The summed E-state index contributed by atoms with van der Waals surface area (Å²) in [6, 6.07) is 58.4. The van der Waals surface area contributed by atoms with Crippen LogP contribution in [0.15, 0.2) is 164 Å². The molecule has 2 aromatic heterocycles. The van der Waals surface area contributed by atoms with Crippen LogP contribution >= 0.6 is 11.3 Å². The predicted octanol–water partition coefficient (Wildman–Crippen LogP) is 12.9. The minimum Gasteiger partial charge on any atom is -0.208 e. The fourth-order valence-electron chi connectivity index (χ4n) is 7.93. The minimum absolute atomic E-state index is 0.651. The molecule has 0 spiro atoms. The molecule has 3 nitrogen and oxygen atoms in total. The number of benzene rings is 8. The number of nitrogens with zero attached hydrogens (tertiary/aromatic N) is 3. The van der Waals surface area contributed by atoms with Gasteiger partial charge in [-0.25, -0.2) is 15.0 Å². The van der Waals surface area contributed by atoms with Crippen molar-refractivity contribution in [1.82, 2.24) is 15.0 Å². The van der Waals surface area contributed by atoms with Crippen LogP contribution in [0.2, 0.25) is 0 Å². The average Bonchev–Trinajstić information content (AvgIpc) is 3.73. The summed E-state index contributed by atoms with van der Waals surface area (Å²) in [5.41, 5.74) is 10.5. The standard InChI is InChI=1S/C47H27N3S/c1-2-12-30(13-3-1)45-48-46(50-47(49-45)34-24-23-28-11-4-5-14-31(28)25-34)33-18-8-17-32(26-33)42-43-37-21-10-16-29-15-9-20-35(41(29)37)38(43)27-40-44(42)36-19-6-7-22-39(36)51-40/h1-27H. The second kappa shape index (κ2) is 11.0. The van der Waals surface area contributed by atoms with E-state index in [4.69, 9.17) is 15.0 Å². The summed E-state index contributed by atoms with van der Waals surface area (Å²) >= 11 is 1.87. The first-order chi connectivity index (χ1) is 25.3. The molecule has 2 heterocycles. The summed E-state index contributed by atoms with van der Waals surface area (Å²) in [7, 11) is 0. The Morgan fingerprint density at radius 1 is 0.333 bits per heavy atom. The Labute approximate surface area is 298 Å². The smallest absolute Gasteiger partial charge is 0.164 e. The van der Waals surface area contributed by atoms with Crippen molar-refractivity contribution in [3.8, 4) is 67.5 Å². The van der Waals surface area contributed by atoms with Crippen LogP contribution in [0.5, 0.6) is 0 Å². The third-order valence-electron chi connectivity index (χ3n) is 10.2. The van der Waals surface area contributed by atoms with Crippen molar-refractivity contribution in [2.75, 3.05) is 0 Å². The van der Waals surface area contributed by atoms with Crippen LogP contribution in [0.1, 0.15) is 0 Å². The first-order valence-electron chi connectivity index (χ1n) is 17.2. The molecule has 0 fully saturated rings. The summed E-state index contributed by atoms with van der Waals surface area (Å²) in [6.45, 7) is 0. The topological polar surface area (TPSA) is 38.7 Å². The highest BCUT2D eigenvalue weighted by molar-refractivity contribution is 7.26. The van der Waals surface area contributed by atoms with Gasteiger partial charge in [0.05, 0.1) is 0 Å². The van der Waals surface area contributed by atoms with Crippen LogP contribution in [0, 0.1) is 0 Å². The van der Waals surface area contributed by atoms with Crippen LogP contribution in [0.25, 0.3) is 109 Å². The van der Waals surface area contributed by atoms with Gasteiger partial charge in [0.25, 0.3) is 0 Å². The van der Waals surface area contributed by atoms with Gasteiger partial charge in [-0.1, -0.05) is 140 Å². The van der Waals surface area contributed by atoms with Crippen LogP contribution in [-0.2, 0) is 0 Å². The lowest BCUT2D eigenvalue weighted by Gasteiger charge is -2.15. The van der Waals surface area contributed by atoms with Crippen LogP contribution < -0.4 is 0 Å². The SMILES string of the molecule is c1ccc(-c2nc(-c3cccc(-c4c5c(cc6sc7ccccc7c46)-c4cccc6cccc-5c46)c3)nc(-c3ccc4ccccc4c3)n2)cc1. The molecule has 8 aromatic carbocycles. The van der Waals surface area contributed by atoms with Gasteiger partial charge in [-0.15, -0.1) is 11.3 Å². The Balaban J connectivity index is 1.17. The lowest BCUT2D eigenvalue weighted by atomic mass is 9.89. The molecule has 51 heavy (non-hydrogen) atoms. The summed E-state index contributed by atoms with van der Waals surface area (Å²) in [5, 5.41) is 7.53. The highest BCUT2D eigenvalue weighted by Crippen LogP contribution is 2.55. The van der Waals surface area contributed by atoms with Gasteiger partial charge in [0.1, 0.15) is 0 Å². The van der Waals surface area contributed by atoms with E-state index in [1.165, 1.54) is 64.1 Å². The lowest BCUT2D eigenvalue weighted by Crippen LogP contribution is -2.00. The second-order valence-electron chi connectivity index (χ2n) is 13.2. The van der Waals surface area contributed by atoms with Crippen molar-refractivity contribution in [2.24, 2.45) is 0 Å². The van der Waals surface area contributed by atoms with Gasteiger partial charge < -0.3 is 0 Å². The number of rotatable bonds is 4. The monoisotopic (exact) mass is 665 g/mol. The fourth-order valence-corrected chi connectivity index (χ4v) is 9.09. The van der Waals surface area contributed by atoms with Crippen LogP contribution in [-0.4, -0.2) is 15.0 Å². The molecule has 0 aliphatic heterocycles. The molecular weight excluding hydrogens is 639 g/mol. The second-order valence-corrected chi connectivity index (χ2v) is 14.3. The zero-order valence-electron chi connectivity index (χ0n) is 27.3. The normalized spacial score (nSPS) is 11.9. The average molecular weight is 666 g/mol. The molecule has 1 aliphatic rings. The lowest BCUT2D eigenvalue weighted by molar-refractivity contribution is 1.07. The molecule has 0 bridgehead atoms. The quantitative estimate of drug-likeness (QED) is 0.188. The van der Waals surface area contributed by atoms with Gasteiger partial charge in [-0.2, -0.15) is 0 Å². The van der Waals surface area contributed by atoms with Gasteiger partial charge in [0.15, 0.2) is 17.5 Å². The number of hydrogen-bond acceptors (Lipinski definition) is 4. The molecule has 0 saturated carbocycles. The van der Waals surface area contributed by atoms with Crippen LogP contribution in [0.4, 0.5) is 0 Å². The van der Waals surface area contributed by atoms with Crippen molar-refractivity contribution in [3.63, 3.8) is 0 Å². The summed E-state index contributed by atoms with van der Waals surface area (Å²) in [4.78, 5) is 15.3. The zero-order valence-corrected chi connectivity index (χ0v) is 28.2. The Kier molecular flexibility index (Phi) is 6.12. The molecule has 236 valence electrons. The van der Waals surface area contributed by atoms with Crippen molar-refractivity contribution < 1.29 is 0 Å². The van der Waals surface area contributed by atoms with Crippen molar-refractivity contribution in [3.05, 3.63) is 164 Å². The molecular formula is C47H27N3S. The maximum atomic E-state index is 5.16. The fraction of sp³-hybridized carbons (Fsp3) is 0. The Hall–Kier alpha value is -6.49. The van der Waals surface area contributed by atoms with E-state index >= 15 is 0 Å². The number of aromatic nitrogens is 3. The molecule has 10 aromatic rings. The molecule has 0 unspecified atom stereocenters. The Bertz CT molecular complexity index is 3030.